The van der Waals surface area contributed by atoms with E-state index >= 15 is 0 Å². The van der Waals surface area contributed by atoms with Gasteiger partial charge in [-0.05, 0) is 19.9 Å². The minimum Gasteiger partial charge on any atom is -0.315 e. The van der Waals surface area contributed by atoms with Gasteiger partial charge in [-0.2, -0.15) is 0 Å². The fraction of sp³-hybridized carbons (Fsp3) is 1.00. The van der Waals surface area contributed by atoms with Gasteiger partial charge in [0.05, 0.1) is 0 Å². The Morgan fingerprint density at radius 3 is 2.17 bits per heavy atom. The minimum absolute atomic E-state index is 0.615. The first-order valence-corrected chi connectivity index (χ1v) is 5.17. The molecule has 12 heavy (non-hydrogen) atoms. The van der Waals surface area contributed by atoms with Crippen LogP contribution >= 0.6 is 0 Å². The Morgan fingerprint density at radius 1 is 1.08 bits per heavy atom. The van der Waals surface area contributed by atoms with E-state index in [0.29, 0.717) is 18.1 Å². The van der Waals surface area contributed by atoms with E-state index in [9.17, 15) is 0 Å². The van der Waals surface area contributed by atoms with Gasteiger partial charge in [0.2, 0.25) is 0 Å². The predicted molar refractivity (Wildman–Crippen MR) is 53.4 cm³/mol. The van der Waals surface area contributed by atoms with E-state index in [-0.39, 0.29) is 0 Å². The Bertz CT molecular complexity index is 123. The van der Waals surface area contributed by atoms with E-state index in [4.69, 9.17) is 0 Å². The molecule has 0 aromatic heterocycles. The maximum absolute atomic E-state index is 3.62. The van der Waals surface area contributed by atoms with Gasteiger partial charge in [0.15, 0.2) is 0 Å². The van der Waals surface area contributed by atoms with Gasteiger partial charge in [0.1, 0.15) is 0 Å². The normalized spacial score (nSPS) is 31.0. The molecule has 0 spiro atoms. The van der Waals surface area contributed by atoms with Crippen LogP contribution in [0.4, 0.5) is 0 Å². The van der Waals surface area contributed by atoms with Crippen molar-refractivity contribution in [3.05, 3.63) is 0 Å². The average molecular weight is 170 g/mol. The highest BCUT2D eigenvalue weighted by molar-refractivity contribution is 4.85. The Kier molecular flexibility index (Phi) is 4.02. The monoisotopic (exact) mass is 170 g/mol. The Morgan fingerprint density at radius 2 is 1.67 bits per heavy atom. The SMILES string of the molecule is CNC1CCCCC1NC(C)C. The predicted octanol–water partition coefficient (Wildman–Crippen LogP) is 1.51. The molecule has 0 heterocycles. The first-order valence-electron chi connectivity index (χ1n) is 5.17. The summed E-state index contributed by atoms with van der Waals surface area (Å²) in [5, 5.41) is 7.02. The van der Waals surface area contributed by atoms with Gasteiger partial charge in [-0.25, -0.2) is 0 Å². The topological polar surface area (TPSA) is 24.1 Å². The second-order valence-electron chi connectivity index (χ2n) is 4.11. The zero-order valence-corrected chi connectivity index (χ0v) is 8.56. The lowest BCUT2D eigenvalue weighted by atomic mass is 9.90. The molecule has 0 amide bonds. The van der Waals surface area contributed by atoms with Crippen LogP contribution in [0.1, 0.15) is 39.5 Å². The van der Waals surface area contributed by atoms with E-state index in [0.717, 1.165) is 0 Å². The van der Waals surface area contributed by atoms with Crippen molar-refractivity contribution in [1.29, 1.82) is 0 Å². The molecular formula is C10H22N2. The van der Waals surface area contributed by atoms with E-state index in [1.807, 2.05) is 0 Å². The second-order valence-corrected chi connectivity index (χ2v) is 4.11. The third kappa shape index (κ3) is 2.76. The number of nitrogens with one attached hydrogen (secondary N) is 2. The quantitative estimate of drug-likeness (QED) is 0.671. The van der Waals surface area contributed by atoms with Gasteiger partial charge in [0, 0.05) is 18.1 Å². The van der Waals surface area contributed by atoms with Crippen LogP contribution in [0.15, 0.2) is 0 Å². The first-order chi connectivity index (χ1) is 5.74. The molecule has 1 fully saturated rings. The summed E-state index contributed by atoms with van der Waals surface area (Å²) in [5.41, 5.74) is 0. The smallest absolute Gasteiger partial charge is 0.0223 e. The Hall–Kier alpha value is -0.0800. The van der Waals surface area contributed by atoms with Crippen LogP contribution in [0.2, 0.25) is 0 Å². The van der Waals surface area contributed by atoms with Crippen LogP contribution in [0.5, 0.6) is 0 Å². The zero-order chi connectivity index (χ0) is 8.97. The molecule has 2 N–H and O–H groups in total. The molecule has 1 aliphatic rings. The number of hydrogen-bond donors (Lipinski definition) is 2. The maximum Gasteiger partial charge on any atom is 0.0223 e. The first kappa shape index (κ1) is 10.0. The highest BCUT2D eigenvalue weighted by atomic mass is 15.0. The van der Waals surface area contributed by atoms with Gasteiger partial charge < -0.3 is 10.6 Å². The molecule has 0 aromatic carbocycles. The molecule has 1 rings (SSSR count). The minimum atomic E-state index is 0.615. The van der Waals surface area contributed by atoms with Gasteiger partial charge in [-0.3, -0.25) is 0 Å². The van der Waals surface area contributed by atoms with Crippen molar-refractivity contribution in [2.45, 2.75) is 57.7 Å². The van der Waals surface area contributed by atoms with Gasteiger partial charge in [-0.1, -0.05) is 26.7 Å². The standard InChI is InChI=1S/C10H22N2/c1-8(2)12-10-7-5-4-6-9(10)11-3/h8-12H,4-7H2,1-3H3. The summed E-state index contributed by atoms with van der Waals surface area (Å²) in [6.07, 6.45) is 5.45. The largest absolute Gasteiger partial charge is 0.315 e. The summed E-state index contributed by atoms with van der Waals surface area (Å²) in [5.74, 6) is 0. The summed E-state index contributed by atoms with van der Waals surface area (Å²) in [4.78, 5) is 0. The van der Waals surface area contributed by atoms with E-state index in [1.54, 1.807) is 0 Å². The summed E-state index contributed by atoms with van der Waals surface area (Å²) in [6.45, 7) is 4.45. The average Bonchev–Trinajstić information content (AvgIpc) is 2.04. The summed E-state index contributed by atoms with van der Waals surface area (Å²) in [7, 11) is 2.07. The van der Waals surface area contributed by atoms with Crippen molar-refractivity contribution in [1.82, 2.24) is 10.6 Å². The second kappa shape index (κ2) is 4.83. The lowest BCUT2D eigenvalue weighted by molar-refractivity contribution is 0.282. The lowest BCUT2D eigenvalue weighted by Gasteiger charge is -2.33. The van der Waals surface area contributed by atoms with Crippen LogP contribution in [0.25, 0.3) is 0 Å². The molecule has 2 atom stereocenters. The fourth-order valence-electron chi connectivity index (χ4n) is 2.10. The Balaban J connectivity index is 2.36. The van der Waals surface area contributed by atoms with E-state index in [1.165, 1.54) is 25.7 Å². The molecule has 1 saturated carbocycles. The molecule has 0 bridgehead atoms. The van der Waals surface area contributed by atoms with Crippen molar-refractivity contribution in [2.75, 3.05) is 7.05 Å². The van der Waals surface area contributed by atoms with Gasteiger partial charge >= 0.3 is 0 Å². The highest BCUT2D eigenvalue weighted by Crippen LogP contribution is 2.18. The maximum atomic E-state index is 3.62. The summed E-state index contributed by atoms with van der Waals surface area (Å²) in [6, 6.07) is 2.01. The fourth-order valence-corrected chi connectivity index (χ4v) is 2.10. The molecule has 2 nitrogen and oxygen atoms in total. The summed E-state index contributed by atoms with van der Waals surface area (Å²) < 4.78 is 0. The van der Waals surface area contributed by atoms with E-state index in [2.05, 4.69) is 31.5 Å². The number of likely N-dealkylation sites (N-methyl/N-ethyl adjacent to an activating group) is 1. The van der Waals surface area contributed by atoms with Crippen LogP contribution in [0.3, 0.4) is 0 Å². The highest BCUT2D eigenvalue weighted by Gasteiger charge is 2.23. The van der Waals surface area contributed by atoms with Crippen molar-refractivity contribution in [2.24, 2.45) is 0 Å². The molecule has 0 saturated heterocycles. The zero-order valence-electron chi connectivity index (χ0n) is 8.56. The van der Waals surface area contributed by atoms with Crippen molar-refractivity contribution in [3.63, 3.8) is 0 Å². The van der Waals surface area contributed by atoms with E-state index < -0.39 is 0 Å². The van der Waals surface area contributed by atoms with Crippen LogP contribution in [0, 0.1) is 0 Å². The van der Waals surface area contributed by atoms with Gasteiger partial charge in [-0.15, -0.1) is 0 Å². The molecule has 0 radical (unpaired) electrons. The Labute approximate surface area is 76.1 Å². The number of rotatable bonds is 3. The molecule has 72 valence electrons. The molecule has 0 aromatic rings. The lowest BCUT2D eigenvalue weighted by Crippen LogP contribution is -2.50. The number of hydrogen-bond acceptors (Lipinski definition) is 2. The van der Waals surface area contributed by atoms with Crippen molar-refractivity contribution < 1.29 is 0 Å². The molecular weight excluding hydrogens is 148 g/mol. The summed E-state index contributed by atoms with van der Waals surface area (Å²) >= 11 is 0. The van der Waals surface area contributed by atoms with Crippen molar-refractivity contribution in [3.8, 4) is 0 Å². The third-order valence-electron chi connectivity index (χ3n) is 2.68. The molecule has 0 aliphatic heterocycles. The molecule has 2 heteroatoms. The molecule has 2 unspecified atom stereocenters. The molecule has 1 aliphatic carbocycles. The van der Waals surface area contributed by atoms with Crippen molar-refractivity contribution >= 4 is 0 Å². The van der Waals surface area contributed by atoms with Crippen LogP contribution in [-0.2, 0) is 0 Å². The van der Waals surface area contributed by atoms with Crippen LogP contribution in [-0.4, -0.2) is 25.2 Å². The third-order valence-corrected chi connectivity index (χ3v) is 2.68. The van der Waals surface area contributed by atoms with Crippen LogP contribution < -0.4 is 10.6 Å². The van der Waals surface area contributed by atoms with Gasteiger partial charge in [0.25, 0.3) is 0 Å².